The first-order valence-corrected chi connectivity index (χ1v) is 5.45. The lowest BCUT2D eigenvalue weighted by molar-refractivity contribution is -0.120. The molecule has 0 atom stereocenters. The number of amides is 1. The average Bonchev–Trinajstić information content (AvgIpc) is 2.25. The number of carbonyl (C=O) groups is 1. The maximum Gasteiger partial charge on any atom is 0.227 e. The van der Waals surface area contributed by atoms with Gasteiger partial charge in [0.25, 0.3) is 0 Å². The zero-order chi connectivity index (χ0) is 12.1. The second kappa shape index (κ2) is 5.49. The van der Waals surface area contributed by atoms with Crippen LogP contribution in [0.3, 0.4) is 0 Å². The Balaban J connectivity index is 2.84. The summed E-state index contributed by atoms with van der Waals surface area (Å²) in [5.41, 5.74) is 5.93. The van der Waals surface area contributed by atoms with Crippen molar-refractivity contribution in [3.63, 3.8) is 0 Å². The third kappa shape index (κ3) is 2.72. The molecule has 0 radical (unpaired) electrons. The van der Waals surface area contributed by atoms with Crippen molar-refractivity contribution in [1.29, 1.82) is 0 Å². The minimum atomic E-state index is -0.501. The molecule has 3 N–H and O–H groups in total. The van der Waals surface area contributed by atoms with Crippen LogP contribution in [0.4, 0.5) is 15.8 Å². The minimum absolute atomic E-state index is 0.0828. The molecule has 0 aromatic heterocycles. The quantitative estimate of drug-likeness (QED) is 0.773. The van der Waals surface area contributed by atoms with Gasteiger partial charge < -0.3 is 11.1 Å². The lowest BCUT2D eigenvalue weighted by Gasteiger charge is -2.14. The second-order valence-electron chi connectivity index (χ2n) is 3.71. The van der Waals surface area contributed by atoms with E-state index in [0.717, 1.165) is 12.8 Å². The van der Waals surface area contributed by atoms with Gasteiger partial charge in [-0.3, -0.25) is 4.79 Å². The predicted molar refractivity (Wildman–Crippen MR) is 63.5 cm³/mol. The van der Waals surface area contributed by atoms with Gasteiger partial charge in [-0.05, 0) is 25.0 Å². The van der Waals surface area contributed by atoms with Crippen LogP contribution in [-0.2, 0) is 4.79 Å². The van der Waals surface area contributed by atoms with Crippen LogP contribution in [0.15, 0.2) is 18.2 Å². The summed E-state index contributed by atoms with van der Waals surface area (Å²) in [7, 11) is 0. The highest BCUT2D eigenvalue weighted by molar-refractivity contribution is 5.95. The Labute approximate surface area is 94.8 Å². The van der Waals surface area contributed by atoms with Gasteiger partial charge in [-0.2, -0.15) is 0 Å². The molecule has 0 aliphatic heterocycles. The Kier molecular flexibility index (Phi) is 4.28. The van der Waals surface area contributed by atoms with Gasteiger partial charge in [-0.15, -0.1) is 0 Å². The number of hydrogen-bond acceptors (Lipinski definition) is 2. The van der Waals surface area contributed by atoms with Gasteiger partial charge in [-0.1, -0.05) is 19.9 Å². The summed E-state index contributed by atoms with van der Waals surface area (Å²) >= 11 is 0. The maximum atomic E-state index is 13.4. The highest BCUT2D eigenvalue weighted by Crippen LogP contribution is 2.23. The molecule has 88 valence electrons. The van der Waals surface area contributed by atoms with E-state index in [4.69, 9.17) is 5.73 Å². The fraction of sp³-hybridized carbons (Fsp3) is 0.417. The molecular formula is C12H17FN2O. The van der Waals surface area contributed by atoms with Crippen LogP contribution in [0.25, 0.3) is 0 Å². The monoisotopic (exact) mass is 224 g/mol. The fourth-order valence-electron chi connectivity index (χ4n) is 1.56. The molecular weight excluding hydrogens is 207 g/mol. The first-order chi connectivity index (χ1) is 7.60. The number of anilines is 2. The number of nitrogens with one attached hydrogen (secondary N) is 1. The zero-order valence-corrected chi connectivity index (χ0v) is 9.59. The highest BCUT2D eigenvalue weighted by Gasteiger charge is 2.16. The topological polar surface area (TPSA) is 55.1 Å². The third-order valence-corrected chi connectivity index (χ3v) is 2.65. The summed E-state index contributed by atoms with van der Waals surface area (Å²) < 4.78 is 13.4. The van der Waals surface area contributed by atoms with Crippen molar-refractivity contribution < 1.29 is 9.18 Å². The second-order valence-corrected chi connectivity index (χ2v) is 3.71. The number of hydrogen-bond donors (Lipinski definition) is 2. The molecule has 16 heavy (non-hydrogen) atoms. The highest BCUT2D eigenvalue weighted by atomic mass is 19.1. The van der Waals surface area contributed by atoms with E-state index < -0.39 is 5.82 Å². The van der Waals surface area contributed by atoms with Crippen LogP contribution in [0.2, 0.25) is 0 Å². The van der Waals surface area contributed by atoms with E-state index in [2.05, 4.69) is 5.32 Å². The number of para-hydroxylation sites is 1. The van der Waals surface area contributed by atoms with Crippen molar-refractivity contribution in [3.8, 4) is 0 Å². The summed E-state index contributed by atoms with van der Waals surface area (Å²) in [4.78, 5) is 11.7. The van der Waals surface area contributed by atoms with Crippen LogP contribution < -0.4 is 11.1 Å². The fourth-order valence-corrected chi connectivity index (χ4v) is 1.56. The Bertz CT molecular complexity index is 355. The summed E-state index contributed by atoms with van der Waals surface area (Å²) in [6.07, 6.45) is 1.47. The van der Waals surface area contributed by atoms with Gasteiger partial charge in [0.05, 0.1) is 5.69 Å². The van der Waals surface area contributed by atoms with Gasteiger partial charge in [0.1, 0.15) is 11.5 Å². The van der Waals surface area contributed by atoms with Gasteiger partial charge in [0, 0.05) is 5.92 Å². The van der Waals surface area contributed by atoms with Crippen molar-refractivity contribution in [2.45, 2.75) is 26.7 Å². The minimum Gasteiger partial charge on any atom is -0.397 e. The Morgan fingerprint density at radius 2 is 2.06 bits per heavy atom. The molecule has 0 aliphatic carbocycles. The number of carbonyl (C=O) groups excluding carboxylic acids is 1. The van der Waals surface area contributed by atoms with Crippen molar-refractivity contribution in [1.82, 2.24) is 0 Å². The van der Waals surface area contributed by atoms with Crippen molar-refractivity contribution >= 4 is 17.3 Å². The molecule has 0 spiro atoms. The standard InChI is InChI=1S/C12H17FN2O/c1-3-8(4-2)12(16)15-11-9(13)6-5-7-10(11)14/h5-8H,3-4,14H2,1-2H3,(H,15,16). The first kappa shape index (κ1) is 12.5. The van der Waals surface area contributed by atoms with E-state index in [1.165, 1.54) is 12.1 Å². The molecule has 1 rings (SSSR count). The van der Waals surface area contributed by atoms with Crippen molar-refractivity contribution in [3.05, 3.63) is 24.0 Å². The molecule has 1 aromatic carbocycles. The molecule has 4 heteroatoms. The third-order valence-electron chi connectivity index (χ3n) is 2.65. The predicted octanol–water partition coefficient (Wildman–Crippen LogP) is 2.78. The average molecular weight is 224 g/mol. The molecule has 3 nitrogen and oxygen atoms in total. The molecule has 0 aliphatic rings. The van der Waals surface area contributed by atoms with E-state index in [-0.39, 0.29) is 23.2 Å². The smallest absolute Gasteiger partial charge is 0.227 e. The normalized spacial score (nSPS) is 10.5. The molecule has 1 aromatic rings. The lowest BCUT2D eigenvalue weighted by atomic mass is 10.0. The van der Waals surface area contributed by atoms with Crippen LogP contribution in [0.1, 0.15) is 26.7 Å². The van der Waals surface area contributed by atoms with Gasteiger partial charge >= 0.3 is 0 Å². The molecule has 0 unspecified atom stereocenters. The summed E-state index contributed by atoms with van der Waals surface area (Å²) in [5, 5.41) is 2.54. The Morgan fingerprint density at radius 1 is 1.44 bits per heavy atom. The Hall–Kier alpha value is -1.58. The van der Waals surface area contributed by atoms with E-state index in [1.807, 2.05) is 13.8 Å². The van der Waals surface area contributed by atoms with E-state index in [9.17, 15) is 9.18 Å². The molecule has 1 amide bonds. The maximum absolute atomic E-state index is 13.4. The van der Waals surface area contributed by atoms with Gasteiger partial charge in [0.2, 0.25) is 5.91 Å². The summed E-state index contributed by atoms with van der Waals surface area (Å²) in [5.74, 6) is -0.778. The number of benzene rings is 1. The first-order valence-electron chi connectivity index (χ1n) is 5.45. The van der Waals surface area contributed by atoms with E-state index >= 15 is 0 Å². The van der Waals surface area contributed by atoms with Crippen LogP contribution >= 0.6 is 0 Å². The SMILES string of the molecule is CCC(CC)C(=O)Nc1c(N)cccc1F. The van der Waals surface area contributed by atoms with Crippen molar-refractivity contribution in [2.24, 2.45) is 5.92 Å². The van der Waals surface area contributed by atoms with Gasteiger partial charge in [0.15, 0.2) is 0 Å². The van der Waals surface area contributed by atoms with Crippen LogP contribution in [-0.4, -0.2) is 5.91 Å². The lowest BCUT2D eigenvalue weighted by Crippen LogP contribution is -2.22. The number of rotatable bonds is 4. The van der Waals surface area contributed by atoms with Gasteiger partial charge in [-0.25, -0.2) is 4.39 Å². The summed E-state index contributed by atoms with van der Waals surface area (Å²) in [6, 6.07) is 4.35. The van der Waals surface area contributed by atoms with E-state index in [0.29, 0.717) is 0 Å². The molecule has 0 saturated carbocycles. The number of halogens is 1. The number of nitrogens with two attached hydrogens (primary N) is 1. The zero-order valence-electron chi connectivity index (χ0n) is 9.59. The van der Waals surface area contributed by atoms with Crippen LogP contribution in [0.5, 0.6) is 0 Å². The van der Waals surface area contributed by atoms with Crippen molar-refractivity contribution in [2.75, 3.05) is 11.1 Å². The molecule has 0 bridgehead atoms. The van der Waals surface area contributed by atoms with E-state index in [1.54, 1.807) is 6.07 Å². The molecule has 0 heterocycles. The molecule has 0 fully saturated rings. The number of nitrogen functional groups attached to an aromatic ring is 1. The largest absolute Gasteiger partial charge is 0.397 e. The molecule has 0 saturated heterocycles. The summed E-state index contributed by atoms with van der Waals surface area (Å²) in [6.45, 7) is 3.86. The van der Waals surface area contributed by atoms with Crippen LogP contribution in [0, 0.1) is 11.7 Å². The Morgan fingerprint density at radius 3 is 2.56 bits per heavy atom.